The molecule has 1 aliphatic carbocycles. The highest BCUT2D eigenvalue weighted by molar-refractivity contribution is 4.97. The Morgan fingerprint density at radius 2 is 1.55 bits per heavy atom. The first-order valence-electron chi connectivity index (χ1n) is 3.83. The third-order valence-corrected chi connectivity index (χ3v) is 2.77. The van der Waals surface area contributed by atoms with Crippen LogP contribution in [0.2, 0.25) is 0 Å². The number of rotatable bonds is 1. The van der Waals surface area contributed by atoms with E-state index in [2.05, 4.69) is 0 Å². The Bertz CT molecular complexity index is 157. The van der Waals surface area contributed by atoms with Crippen molar-refractivity contribution in [1.29, 1.82) is 0 Å². The molecule has 0 radical (unpaired) electrons. The molecule has 0 nitrogen and oxygen atoms in total. The van der Waals surface area contributed by atoms with Gasteiger partial charge in [-0.1, -0.05) is 20.8 Å². The standard InChI is InChI=1S/C8H13F3/c1-5-4-6(5)7(2,3)8(9,10)11/h5-6H,4H2,1-3H3. The molecule has 11 heavy (non-hydrogen) atoms. The topological polar surface area (TPSA) is 0 Å². The van der Waals surface area contributed by atoms with E-state index >= 15 is 0 Å². The first-order valence-corrected chi connectivity index (χ1v) is 3.83. The van der Waals surface area contributed by atoms with E-state index in [1.54, 1.807) is 0 Å². The van der Waals surface area contributed by atoms with Crippen LogP contribution in [0.15, 0.2) is 0 Å². The minimum atomic E-state index is -4.04. The molecule has 2 atom stereocenters. The van der Waals surface area contributed by atoms with Crippen LogP contribution in [0.4, 0.5) is 13.2 Å². The van der Waals surface area contributed by atoms with E-state index < -0.39 is 11.6 Å². The molecule has 1 fully saturated rings. The van der Waals surface area contributed by atoms with E-state index in [1.165, 1.54) is 13.8 Å². The SMILES string of the molecule is CC1CC1C(C)(C)C(F)(F)F. The van der Waals surface area contributed by atoms with Gasteiger partial charge in [0.15, 0.2) is 0 Å². The second-order valence-electron chi connectivity index (χ2n) is 4.04. The van der Waals surface area contributed by atoms with Crippen LogP contribution < -0.4 is 0 Å². The third-order valence-electron chi connectivity index (χ3n) is 2.77. The summed E-state index contributed by atoms with van der Waals surface area (Å²) in [6.45, 7) is 4.46. The summed E-state index contributed by atoms with van der Waals surface area (Å²) in [5, 5.41) is 0. The average Bonchev–Trinajstić information content (AvgIpc) is 2.43. The maximum atomic E-state index is 12.3. The zero-order chi connectivity index (χ0) is 8.86. The molecule has 0 aromatic heterocycles. The molecular formula is C8H13F3. The van der Waals surface area contributed by atoms with Gasteiger partial charge in [0.2, 0.25) is 0 Å². The Morgan fingerprint density at radius 3 is 1.64 bits per heavy atom. The fourth-order valence-corrected chi connectivity index (χ4v) is 1.54. The lowest BCUT2D eigenvalue weighted by Gasteiger charge is -2.27. The molecule has 0 N–H and O–H groups in total. The molecular weight excluding hydrogens is 153 g/mol. The Balaban J connectivity index is 2.67. The normalized spacial score (nSPS) is 32.2. The fraction of sp³-hybridized carbons (Fsp3) is 1.00. The largest absolute Gasteiger partial charge is 0.394 e. The van der Waals surface area contributed by atoms with Crippen molar-refractivity contribution >= 4 is 0 Å². The van der Waals surface area contributed by atoms with Crippen LogP contribution in [0.3, 0.4) is 0 Å². The van der Waals surface area contributed by atoms with Crippen molar-refractivity contribution in [2.24, 2.45) is 17.3 Å². The average molecular weight is 166 g/mol. The molecule has 1 saturated carbocycles. The fourth-order valence-electron chi connectivity index (χ4n) is 1.54. The van der Waals surface area contributed by atoms with Gasteiger partial charge >= 0.3 is 6.18 Å². The molecule has 0 aromatic rings. The molecule has 1 aliphatic rings. The number of hydrogen-bond acceptors (Lipinski definition) is 0. The number of alkyl halides is 3. The maximum absolute atomic E-state index is 12.3. The summed E-state index contributed by atoms with van der Waals surface area (Å²) < 4.78 is 36.9. The molecule has 0 saturated heterocycles. The van der Waals surface area contributed by atoms with Gasteiger partial charge in [-0.05, 0) is 18.3 Å². The molecule has 0 heterocycles. The van der Waals surface area contributed by atoms with Crippen LogP contribution in [0.25, 0.3) is 0 Å². The Labute approximate surface area is 64.8 Å². The first kappa shape index (κ1) is 8.88. The second-order valence-corrected chi connectivity index (χ2v) is 4.04. The van der Waals surface area contributed by atoms with Crippen LogP contribution >= 0.6 is 0 Å². The maximum Gasteiger partial charge on any atom is 0.394 e. The van der Waals surface area contributed by atoms with Gasteiger partial charge in [0.25, 0.3) is 0 Å². The van der Waals surface area contributed by atoms with Gasteiger partial charge < -0.3 is 0 Å². The predicted octanol–water partition coefficient (Wildman–Crippen LogP) is 3.23. The predicted molar refractivity (Wildman–Crippen MR) is 37.1 cm³/mol. The van der Waals surface area contributed by atoms with Gasteiger partial charge in [-0.2, -0.15) is 13.2 Å². The number of hydrogen-bond donors (Lipinski definition) is 0. The molecule has 3 heteroatoms. The first-order chi connectivity index (χ1) is 4.77. The molecule has 0 aliphatic heterocycles. The highest BCUT2D eigenvalue weighted by atomic mass is 19.4. The lowest BCUT2D eigenvalue weighted by atomic mass is 9.85. The van der Waals surface area contributed by atoms with Gasteiger partial charge in [0, 0.05) is 0 Å². The van der Waals surface area contributed by atoms with E-state index in [4.69, 9.17) is 0 Å². The molecule has 66 valence electrons. The zero-order valence-corrected chi connectivity index (χ0v) is 7.00. The van der Waals surface area contributed by atoms with Crippen LogP contribution in [-0.4, -0.2) is 6.18 Å². The quantitative estimate of drug-likeness (QED) is 0.561. The van der Waals surface area contributed by atoms with E-state index in [1.807, 2.05) is 6.92 Å². The van der Waals surface area contributed by atoms with Crippen molar-refractivity contribution in [3.8, 4) is 0 Å². The summed E-state index contributed by atoms with van der Waals surface area (Å²) in [4.78, 5) is 0. The number of halogens is 3. The van der Waals surface area contributed by atoms with Crippen molar-refractivity contribution in [3.05, 3.63) is 0 Å². The summed E-state index contributed by atoms with van der Waals surface area (Å²) in [6, 6.07) is 0. The smallest absolute Gasteiger partial charge is 0.171 e. The minimum Gasteiger partial charge on any atom is -0.171 e. The second kappa shape index (κ2) is 2.14. The summed E-state index contributed by atoms with van der Waals surface area (Å²) >= 11 is 0. The monoisotopic (exact) mass is 166 g/mol. The van der Waals surface area contributed by atoms with Crippen molar-refractivity contribution in [2.75, 3.05) is 0 Å². The molecule has 0 spiro atoms. The molecule has 1 rings (SSSR count). The Kier molecular flexibility index (Phi) is 1.73. The van der Waals surface area contributed by atoms with Crippen molar-refractivity contribution in [3.63, 3.8) is 0 Å². The van der Waals surface area contributed by atoms with E-state index in [9.17, 15) is 13.2 Å². The van der Waals surface area contributed by atoms with Crippen LogP contribution in [0, 0.1) is 17.3 Å². The van der Waals surface area contributed by atoms with Crippen molar-refractivity contribution in [1.82, 2.24) is 0 Å². The minimum absolute atomic E-state index is 0.150. The lowest BCUT2D eigenvalue weighted by molar-refractivity contribution is -0.220. The van der Waals surface area contributed by atoms with E-state index in [0.29, 0.717) is 0 Å². The van der Waals surface area contributed by atoms with Gasteiger partial charge in [0.05, 0.1) is 5.41 Å². The molecule has 0 bridgehead atoms. The van der Waals surface area contributed by atoms with Gasteiger partial charge in [-0.3, -0.25) is 0 Å². The zero-order valence-electron chi connectivity index (χ0n) is 7.00. The van der Waals surface area contributed by atoms with Gasteiger partial charge in [-0.25, -0.2) is 0 Å². The van der Waals surface area contributed by atoms with Crippen LogP contribution in [0.1, 0.15) is 27.2 Å². The van der Waals surface area contributed by atoms with Gasteiger partial charge in [-0.15, -0.1) is 0 Å². The summed E-state index contributed by atoms with van der Waals surface area (Å²) in [5.74, 6) is 0.106. The van der Waals surface area contributed by atoms with Crippen molar-refractivity contribution < 1.29 is 13.2 Å². The molecule has 2 unspecified atom stereocenters. The van der Waals surface area contributed by atoms with Crippen LogP contribution in [-0.2, 0) is 0 Å². The van der Waals surface area contributed by atoms with E-state index in [0.717, 1.165) is 6.42 Å². The summed E-state index contributed by atoms with van der Waals surface area (Å²) in [6.07, 6.45) is -3.31. The highest BCUT2D eigenvalue weighted by Crippen LogP contribution is 2.57. The summed E-state index contributed by atoms with van der Waals surface area (Å²) in [5.41, 5.74) is -1.48. The highest BCUT2D eigenvalue weighted by Gasteiger charge is 2.58. The van der Waals surface area contributed by atoms with Crippen molar-refractivity contribution in [2.45, 2.75) is 33.4 Å². The molecule has 0 amide bonds. The van der Waals surface area contributed by atoms with E-state index in [-0.39, 0.29) is 11.8 Å². The van der Waals surface area contributed by atoms with Crippen LogP contribution in [0.5, 0.6) is 0 Å². The summed E-state index contributed by atoms with van der Waals surface area (Å²) in [7, 11) is 0. The Hall–Kier alpha value is -0.210. The Morgan fingerprint density at radius 1 is 1.18 bits per heavy atom. The lowest BCUT2D eigenvalue weighted by Crippen LogP contribution is -2.34. The molecule has 0 aromatic carbocycles. The van der Waals surface area contributed by atoms with Gasteiger partial charge in [0.1, 0.15) is 0 Å². The third kappa shape index (κ3) is 1.37.